The van der Waals surface area contributed by atoms with E-state index in [9.17, 15) is 14.0 Å². The molecule has 2 aromatic carbocycles. The van der Waals surface area contributed by atoms with Crippen LogP contribution in [0.25, 0.3) is 0 Å². The highest BCUT2D eigenvalue weighted by Gasteiger charge is 2.20. The average molecular weight is 316 g/mol. The molecular formula is C17H17FN2O3. The second kappa shape index (κ2) is 7.93. The van der Waals surface area contributed by atoms with Crippen LogP contribution in [0, 0.1) is 5.82 Å². The summed E-state index contributed by atoms with van der Waals surface area (Å²) in [5.41, 5.74) is 1.22. The van der Waals surface area contributed by atoms with Gasteiger partial charge in [0.2, 0.25) is 5.91 Å². The first-order chi connectivity index (χ1) is 11.1. The molecular weight excluding hydrogens is 299 g/mol. The molecule has 1 N–H and O–H groups in total. The van der Waals surface area contributed by atoms with E-state index in [2.05, 4.69) is 5.32 Å². The lowest BCUT2D eigenvalue weighted by Gasteiger charge is -2.21. The summed E-state index contributed by atoms with van der Waals surface area (Å²) in [5, 5.41) is 2.44. The summed E-state index contributed by atoms with van der Waals surface area (Å²) in [6.45, 7) is -0.124. The molecule has 2 aromatic rings. The van der Waals surface area contributed by atoms with Crippen molar-refractivity contribution in [2.75, 3.05) is 18.5 Å². The van der Waals surface area contributed by atoms with Gasteiger partial charge in [-0.1, -0.05) is 30.3 Å². The molecule has 0 saturated heterocycles. The number of carbonyl (C=O) groups excluding carboxylic acids is 2. The van der Waals surface area contributed by atoms with Gasteiger partial charge in [0.1, 0.15) is 19.0 Å². The van der Waals surface area contributed by atoms with Gasteiger partial charge in [0.05, 0.1) is 0 Å². The summed E-state index contributed by atoms with van der Waals surface area (Å²) in [4.78, 5) is 25.0. The van der Waals surface area contributed by atoms with Gasteiger partial charge < -0.3 is 10.1 Å². The van der Waals surface area contributed by atoms with E-state index in [0.29, 0.717) is 5.69 Å². The molecule has 0 heterocycles. The molecule has 0 bridgehead atoms. The maximum absolute atomic E-state index is 13.0. The Hall–Kier alpha value is -2.89. The lowest BCUT2D eigenvalue weighted by Crippen LogP contribution is -2.40. The van der Waals surface area contributed by atoms with Crippen LogP contribution in [-0.4, -0.2) is 25.6 Å². The summed E-state index contributed by atoms with van der Waals surface area (Å²) in [5.74, 6) is -0.780. The highest BCUT2D eigenvalue weighted by atomic mass is 19.1. The Balaban J connectivity index is 2.10. The van der Waals surface area contributed by atoms with Gasteiger partial charge in [0.25, 0.3) is 0 Å². The molecule has 0 atom stereocenters. The van der Waals surface area contributed by atoms with Crippen molar-refractivity contribution in [3.05, 3.63) is 66.0 Å². The zero-order chi connectivity index (χ0) is 16.7. The van der Waals surface area contributed by atoms with Crippen molar-refractivity contribution in [2.45, 2.75) is 6.61 Å². The Kier molecular flexibility index (Phi) is 5.68. The van der Waals surface area contributed by atoms with Gasteiger partial charge >= 0.3 is 6.09 Å². The Morgan fingerprint density at radius 2 is 1.74 bits per heavy atom. The first-order valence-corrected chi connectivity index (χ1v) is 7.04. The van der Waals surface area contributed by atoms with Crippen molar-refractivity contribution in [1.29, 1.82) is 0 Å². The number of benzene rings is 2. The van der Waals surface area contributed by atoms with Crippen LogP contribution >= 0.6 is 0 Å². The standard InChI is InChI=1S/C17H17FN2O3/c1-19-16(21)11-20(15-9-7-14(18)8-10-15)17(22)23-12-13-5-3-2-4-6-13/h2-10H,11-12H2,1H3,(H,19,21). The normalized spacial score (nSPS) is 10.0. The van der Waals surface area contributed by atoms with Gasteiger partial charge in [-0.2, -0.15) is 0 Å². The van der Waals surface area contributed by atoms with E-state index in [1.54, 1.807) is 0 Å². The van der Waals surface area contributed by atoms with E-state index in [1.165, 1.54) is 31.3 Å². The average Bonchev–Trinajstić information content (AvgIpc) is 2.59. The quantitative estimate of drug-likeness (QED) is 0.922. The number of rotatable bonds is 5. The fraction of sp³-hybridized carbons (Fsp3) is 0.176. The van der Waals surface area contributed by atoms with Gasteiger partial charge in [-0.25, -0.2) is 9.18 Å². The van der Waals surface area contributed by atoms with Crippen molar-refractivity contribution in [3.8, 4) is 0 Å². The first kappa shape index (κ1) is 16.5. The summed E-state index contributed by atoms with van der Waals surface area (Å²) >= 11 is 0. The number of ether oxygens (including phenoxy) is 1. The van der Waals surface area contributed by atoms with E-state index >= 15 is 0 Å². The van der Waals surface area contributed by atoms with Crippen molar-refractivity contribution in [1.82, 2.24) is 5.32 Å². The third kappa shape index (κ3) is 4.81. The van der Waals surface area contributed by atoms with Crippen molar-refractivity contribution < 1.29 is 18.7 Å². The van der Waals surface area contributed by atoms with Gasteiger partial charge in [-0.3, -0.25) is 9.69 Å². The number of nitrogens with one attached hydrogen (secondary N) is 1. The first-order valence-electron chi connectivity index (χ1n) is 7.04. The third-order valence-corrected chi connectivity index (χ3v) is 3.14. The van der Waals surface area contributed by atoms with Crippen molar-refractivity contribution in [2.24, 2.45) is 0 Å². The van der Waals surface area contributed by atoms with Crippen LogP contribution in [0.15, 0.2) is 54.6 Å². The number of anilines is 1. The number of hydrogen-bond donors (Lipinski definition) is 1. The van der Waals surface area contributed by atoms with Gasteiger partial charge in [-0.05, 0) is 29.8 Å². The maximum atomic E-state index is 13.0. The van der Waals surface area contributed by atoms with Crippen LogP contribution < -0.4 is 10.2 Å². The second-order valence-corrected chi connectivity index (χ2v) is 4.78. The smallest absolute Gasteiger partial charge is 0.415 e. The molecule has 0 aromatic heterocycles. The fourth-order valence-electron chi connectivity index (χ4n) is 1.90. The number of nitrogens with zero attached hydrogens (tertiary/aromatic N) is 1. The van der Waals surface area contributed by atoms with Crippen LogP contribution in [0.2, 0.25) is 0 Å². The van der Waals surface area contributed by atoms with Gasteiger partial charge in [-0.15, -0.1) is 0 Å². The summed E-state index contributed by atoms with van der Waals surface area (Å²) in [6.07, 6.45) is -0.677. The molecule has 5 nitrogen and oxygen atoms in total. The van der Waals surface area contributed by atoms with Gasteiger partial charge in [0, 0.05) is 12.7 Å². The molecule has 2 rings (SSSR count). The predicted octanol–water partition coefficient (Wildman–Crippen LogP) is 2.71. The van der Waals surface area contributed by atoms with Crippen LogP contribution in [0.4, 0.5) is 14.9 Å². The van der Waals surface area contributed by atoms with Gasteiger partial charge in [0.15, 0.2) is 0 Å². The van der Waals surface area contributed by atoms with E-state index < -0.39 is 11.9 Å². The Morgan fingerprint density at radius 3 is 2.35 bits per heavy atom. The number of likely N-dealkylation sites (N-methyl/N-ethyl adjacent to an activating group) is 1. The SMILES string of the molecule is CNC(=O)CN(C(=O)OCc1ccccc1)c1ccc(F)cc1. The molecule has 0 fully saturated rings. The number of carbonyl (C=O) groups is 2. The van der Waals surface area contributed by atoms with E-state index in [-0.39, 0.29) is 19.1 Å². The molecule has 6 heteroatoms. The molecule has 0 radical (unpaired) electrons. The summed E-state index contributed by atoms with van der Waals surface area (Å²) < 4.78 is 18.3. The second-order valence-electron chi connectivity index (χ2n) is 4.78. The Labute approximate surface area is 133 Å². The number of hydrogen-bond acceptors (Lipinski definition) is 3. The highest BCUT2D eigenvalue weighted by Crippen LogP contribution is 2.16. The molecule has 2 amide bonds. The van der Waals surface area contributed by atoms with E-state index in [1.807, 2.05) is 30.3 Å². The minimum atomic E-state index is -0.677. The molecule has 23 heavy (non-hydrogen) atoms. The predicted molar refractivity (Wildman–Crippen MR) is 84.4 cm³/mol. The van der Waals surface area contributed by atoms with E-state index in [4.69, 9.17) is 4.74 Å². The number of halogens is 1. The zero-order valence-corrected chi connectivity index (χ0v) is 12.7. The Morgan fingerprint density at radius 1 is 1.09 bits per heavy atom. The molecule has 0 spiro atoms. The third-order valence-electron chi connectivity index (χ3n) is 3.14. The monoisotopic (exact) mass is 316 g/mol. The molecule has 0 aliphatic carbocycles. The zero-order valence-electron chi connectivity index (χ0n) is 12.7. The van der Waals surface area contributed by atoms with Crippen LogP contribution in [0.5, 0.6) is 0 Å². The van der Waals surface area contributed by atoms with Crippen molar-refractivity contribution in [3.63, 3.8) is 0 Å². The van der Waals surface area contributed by atoms with E-state index in [0.717, 1.165) is 10.5 Å². The van der Waals surface area contributed by atoms with Crippen LogP contribution in [0.1, 0.15) is 5.56 Å². The van der Waals surface area contributed by atoms with Crippen LogP contribution in [0.3, 0.4) is 0 Å². The summed E-state index contributed by atoms with van der Waals surface area (Å²) in [7, 11) is 1.47. The molecule has 120 valence electrons. The lowest BCUT2D eigenvalue weighted by molar-refractivity contribution is -0.119. The van der Waals surface area contributed by atoms with Crippen molar-refractivity contribution >= 4 is 17.7 Å². The molecule has 0 aliphatic rings. The molecule has 0 aliphatic heterocycles. The highest BCUT2D eigenvalue weighted by molar-refractivity contribution is 5.94. The lowest BCUT2D eigenvalue weighted by atomic mass is 10.2. The summed E-state index contributed by atoms with van der Waals surface area (Å²) in [6, 6.07) is 14.5. The minimum Gasteiger partial charge on any atom is -0.444 e. The Bertz CT molecular complexity index is 659. The molecule has 0 saturated carbocycles. The van der Waals surface area contributed by atoms with Crippen LogP contribution in [-0.2, 0) is 16.1 Å². The fourth-order valence-corrected chi connectivity index (χ4v) is 1.90. The minimum absolute atomic E-state index is 0.0884. The largest absolute Gasteiger partial charge is 0.444 e. The molecule has 0 unspecified atom stereocenters. The number of amides is 2. The topological polar surface area (TPSA) is 58.6 Å². The maximum Gasteiger partial charge on any atom is 0.415 e.